The first-order valence-electron chi connectivity index (χ1n) is 9.61. The first-order valence-corrected chi connectivity index (χ1v) is 9.61. The fraction of sp³-hybridized carbons (Fsp3) is 0.300. The summed E-state index contributed by atoms with van der Waals surface area (Å²) in [7, 11) is 1.82. The zero-order valence-corrected chi connectivity index (χ0v) is 16.6. The zero-order chi connectivity index (χ0) is 20.9. The van der Waals surface area contributed by atoms with Crippen LogP contribution in [-0.4, -0.2) is 52.3 Å². The zero-order valence-electron chi connectivity index (χ0n) is 16.6. The van der Waals surface area contributed by atoms with Gasteiger partial charge < -0.3 is 25.7 Å². The number of aromatic nitrogens is 4. The Morgan fingerprint density at radius 2 is 2.13 bits per heavy atom. The molecule has 0 radical (unpaired) electrons. The van der Waals surface area contributed by atoms with E-state index in [-0.39, 0.29) is 13.8 Å². The molecule has 1 aliphatic rings. The SMILES string of the molecule is Cn1cc(Nc2ncc(C=N)c(NCc3cccc(N4CCOCC4)c3F)n2)cn1.[HH]. The van der Waals surface area contributed by atoms with Gasteiger partial charge in [-0.25, -0.2) is 9.37 Å². The van der Waals surface area contributed by atoms with E-state index >= 15 is 4.39 Å². The fourth-order valence-corrected chi connectivity index (χ4v) is 3.24. The maximum absolute atomic E-state index is 15.1. The highest BCUT2D eigenvalue weighted by Gasteiger charge is 2.17. The van der Waals surface area contributed by atoms with Crippen LogP contribution in [0.5, 0.6) is 0 Å². The van der Waals surface area contributed by atoms with Gasteiger partial charge in [-0.15, -0.1) is 0 Å². The Bertz CT molecular complexity index is 1040. The van der Waals surface area contributed by atoms with Gasteiger partial charge in [0.15, 0.2) is 5.82 Å². The highest BCUT2D eigenvalue weighted by atomic mass is 19.1. The summed E-state index contributed by atoms with van der Waals surface area (Å²) in [5.41, 5.74) is 2.36. The molecule has 0 amide bonds. The van der Waals surface area contributed by atoms with Crippen LogP contribution in [0.1, 0.15) is 12.6 Å². The van der Waals surface area contributed by atoms with E-state index in [4.69, 9.17) is 10.1 Å². The summed E-state index contributed by atoms with van der Waals surface area (Å²) < 4.78 is 22.1. The molecule has 30 heavy (non-hydrogen) atoms. The fourth-order valence-electron chi connectivity index (χ4n) is 3.24. The van der Waals surface area contributed by atoms with Gasteiger partial charge in [0.25, 0.3) is 0 Å². The summed E-state index contributed by atoms with van der Waals surface area (Å²) in [4.78, 5) is 10.6. The second-order valence-corrected chi connectivity index (χ2v) is 6.87. The lowest BCUT2D eigenvalue weighted by molar-refractivity contribution is 0.122. The van der Waals surface area contributed by atoms with Crippen molar-refractivity contribution in [1.29, 1.82) is 5.41 Å². The Kier molecular flexibility index (Phi) is 5.84. The van der Waals surface area contributed by atoms with Crippen molar-refractivity contribution in [2.75, 3.05) is 41.8 Å². The molecule has 1 aromatic carbocycles. The smallest absolute Gasteiger partial charge is 0.229 e. The van der Waals surface area contributed by atoms with Crippen molar-refractivity contribution in [3.05, 3.63) is 53.7 Å². The molecule has 4 rings (SSSR count). The Balaban J connectivity index is 0.00000272. The summed E-state index contributed by atoms with van der Waals surface area (Å²) in [6.45, 7) is 2.76. The molecule has 1 saturated heterocycles. The van der Waals surface area contributed by atoms with E-state index in [2.05, 4.69) is 25.7 Å². The third kappa shape index (κ3) is 4.38. The highest BCUT2D eigenvalue weighted by Crippen LogP contribution is 2.24. The van der Waals surface area contributed by atoms with Gasteiger partial charge >= 0.3 is 0 Å². The van der Waals surface area contributed by atoms with E-state index in [1.165, 1.54) is 0 Å². The molecule has 1 aliphatic heterocycles. The van der Waals surface area contributed by atoms with E-state index in [0.717, 1.165) is 11.9 Å². The van der Waals surface area contributed by atoms with Gasteiger partial charge in [0.1, 0.15) is 5.82 Å². The van der Waals surface area contributed by atoms with Gasteiger partial charge in [-0.05, 0) is 6.07 Å². The molecule has 9 nitrogen and oxygen atoms in total. The molecule has 0 saturated carbocycles. The number of rotatable bonds is 7. The number of hydrogen-bond donors (Lipinski definition) is 3. The van der Waals surface area contributed by atoms with Crippen molar-refractivity contribution < 1.29 is 10.6 Å². The Morgan fingerprint density at radius 1 is 1.30 bits per heavy atom. The molecule has 0 spiro atoms. The molecule has 0 atom stereocenters. The van der Waals surface area contributed by atoms with Crippen LogP contribution in [0.25, 0.3) is 0 Å². The van der Waals surface area contributed by atoms with Crippen molar-refractivity contribution in [2.24, 2.45) is 7.05 Å². The average Bonchev–Trinajstić information content (AvgIpc) is 3.18. The molecule has 3 heterocycles. The lowest BCUT2D eigenvalue weighted by Gasteiger charge is -2.29. The number of morpholine rings is 1. The average molecular weight is 412 g/mol. The monoisotopic (exact) mass is 412 g/mol. The van der Waals surface area contributed by atoms with Crippen molar-refractivity contribution in [1.82, 2.24) is 19.7 Å². The minimum atomic E-state index is -0.258. The molecule has 1 fully saturated rings. The Morgan fingerprint density at radius 3 is 2.87 bits per heavy atom. The maximum Gasteiger partial charge on any atom is 0.229 e. The second kappa shape index (κ2) is 8.87. The topological polar surface area (TPSA) is 104 Å². The van der Waals surface area contributed by atoms with Crippen LogP contribution in [-0.2, 0) is 18.3 Å². The molecular weight excluding hydrogens is 387 g/mol. The number of halogens is 1. The Hall–Kier alpha value is -3.53. The minimum absolute atomic E-state index is 0. The summed E-state index contributed by atoms with van der Waals surface area (Å²) >= 11 is 0. The first-order chi connectivity index (χ1) is 14.6. The molecule has 3 aromatic rings. The van der Waals surface area contributed by atoms with E-state index in [9.17, 15) is 0 Å². The summed E-state index contributed by atoms with van der Waals surface area (Å²) in [6, 6.07) is 5.37. The normalized spacial score (nSPS) is 13.9. The standard InChI is InChI=1S/C20H23FN8O.H2/c1-28-13-16(12-25-28)26-20-24-11-15(9-22)19(27-20)23-10-14-3-2-4-17(18(14)21)29-5-7-30-8-6-29;/h2-4,9,11-13,22H,5-8,10H2,1H3,(H2,23,24,26,27);1H. The maximum atomic E-state index is 15.1. The number of anilines is 4. The molecule has 158 valence electrons. The summed E-state index contributed by atoms with van der Waals surface area (Å²) in [6.07, 6.45) is 6.17. The molecule has 2 aromatic heterocycles. The molecular formula is C20H25FN8O. The van der Waals surface area contributed by atoms with E-state index in [1.54, 1.807) is 35.4 Å². The Labute approximate surface area is 174 Å². The number of aryl methyl sites for hydroxylation is 1. The van der Waals surface area contributed by atoms with Gasteiger partial charge in [0, 0.05) is 52.3 Å². The van der Waals surface area contributed by atoms with E-state index < -0.39 is 0 Å². The van der Waals surface area contributed by atoms with E-state index in [0.29, 0.717) is 54.9 Å². The van der Waals surface area contributed by atoms with Crippen molar-refractivity contribution in [3.8, 4) is 0 Å². The van der Waals surface area contributed by atoms with Crippen LogP contribution in [0.4, 0.5) is 27.5 Å². The van der Waals surface area contributed by atoms with Crippen LogP contribution in [0, 0.1) is 11.2 Å². The molecule has 0 aliphatic carbocycles. The number of hydrogen-bond acceptors (Lipinski definition) is 8. The van der Waals surface area contributed by atoms with Gasteiger partial charge in [-0.1, -0.05) is 12.1 Å². The van der Waals surface area contributed by atoms with Crippen LogP contribution in [0.15, 0.2) is 36.8 Å². The van der Waals surface area contributed by atoms with Crippen molar-refractivity contribution in [2.45, 2.75) is 6.54 Å². The van der Waals surface area contributed by atoms with Crippen molar-refractivity contribution in [3.63, 3.8) is 0 Å². The van der Waals surface area contributed by atoms with Crippen LogP contribution < -0.4 is 15.5 Å². The van der Waals surface area contributed by atoms with Gasteiger partial charge in [0.05, 0.1) is 36.3 Å². The quantitative estimate of drug-likeness (QED) is 0.513. The van der Waals surface area contributed by atoms with E-state index in [1.807, 2.05) is 18.0 Å². The third-order valence-corrected chi connectivity index (χ3v) is 4.79. The third-order valence-electron chi connectivity index (χ3n) is 4.79. The molecule has 3 N–H and O–H groups in total. The van der Waals surface area contributed by atoms with Gasteiger partial charge in [-0.2, -0.15) is 10.1 Å². The predicted octanol–water partition coefficient (Wildman–Crippen LogP) is 2.79. The van der Waals surface area contributed by atoms with Gasteiger partial charge in [-0.3, -0.25) is 4.68 Å². The highest BCUT2D eigenvalue weighted by molar-refractivity contribution is 5.84. The summed E-state index contributed by atoms with van der Waals surface area (Å²) in [5.74, 6) is 0.548. The second-order valence-electron chi connectivity index (χ2n) is 6.87. The number of nitrogens with one attached hydrogen (secondary N) is 3. The summed E-state index contributed by atoms with van der Waals surface area (Å²) in [5, 5.41) is 17.9. The largest absolute Gasteiger partial charge is 0.378 e. The van der Waals surface area contributed by atoms with Gasteiger partial charge in [0.2, 0.25) is 5.95 Å². The number of benzene rings is 1. The molecule has 0 bridgehead atoms. The first kappa shape index (κ1) is 19.8. The predicted molar refractivity (Wildman–Crippen MR) is 115 cm³/mol. The number of ether oxygens (including phenoxy) is 1. The number of nitrogens with zero attached hydrogens (tertiary/aromatic N) is 5. The minimum Gasteiger partial charge on any atom is -0.378 e. The molecule has 10 heteroatoms. The lowest BCUT2D eigenvalue weighted by atomic mass is 10.1. The lowest BCUT2D eigenvalue weighted by Crippen LogP contribution is -2.36. The van der Waals surface area contributed by atoms with Crippen molar-refractivity contribution >= 4 is 29.4 Å². The molecule has 0 unspecified atom stereocenters. The van der Waals surface area contributed by atoms with Crippen LogP contribution in [0.2, 0.25) is 0 Å². The van der Waals surface area contributed by atoms with Crippen LogP contribution in [0.3, 0.4) is 0 Å². The van der Waals surface area contributed by atoms with Crippen LogP contribution >= 0.6 is 0 Å².